The second-order valence-corrected chi connectivity index (χ2v) is 10.4. The van der Waals surface area contributed by atoms with Gasteiger partial charge in [0, 0.05) is 16.0 Å². The van der Waals surface area contributed by atoms with Crippen molar-refractivity contribution < 1.29 is 9.57 Å². The van der Waals surface area contributed by atoms with E-state index in [1.165, 1.54) is 0 Å². The second-order valence-electron chi connectivity index (χ2n) is 9.14. The molecular weight excluding hydrogens is 486 g/mol. The Bertz CT molecular complexity index is 1480. The van der Waals surface area contributed by atoms with Crippen LogP contribution in [0.2, 0.25) is 0 Å². The maximum atomic E-state index is 6.81. The summed E-state index contributed by atoms with van der Waals surface area (Å²) in [5.41, 5.74) is 4.30. The molecule has 0 amide bonds. The Morgan fingerprint density at radius 1 is 0.579 bits per heavy atom. The van der Waals surface area contributed by atoms with Gasteiger partial charge in [-0.05, 0) is 35.4 Å². The summed E-state index contributed by atoms with van der Waals surface area (Å²) in [6.07, 6.45) is 0. The molecule has 6 rings (SSSR count). The zero-order valence-electron chi connectivity index (χ0n) is 21.0. The van der Waals surface area contributed by atoms with Crippen molar-refractivity contribution in [3.63, 3.8) is 0 Å². The molecule has 1 heterocycles. The summed E-state index contributed by atoms with van der Waals surface area (Å²) in [4.78, 5) is 6.93. The maximum absolute atomic E-state index is 6.81. The Hall–Kier alpha value is -4.28. The van der Waals surface area contributed by atoms with Crippen LogP contribution in [-0.4, -0.2) is 12.8 Å². The Labute approximate surface area is 227 Å². The first-order chi connectivity index (χ1) is 18.8. The number of nitrogens with zero attached hydrogens (tertiary/aromatic N) is 1. The van der Waals surface area contributed by atoms with Crippen LogP contribution in [0.15, 0.2) is 156 Å². The van der Waals surface area contributed by atoms with Crippen LogP contribution in [0.5, 0.6) is 5.75 Å². The van der Waals surface area contributed by atoms with Crippen LogP contribution in [0.1, 0.15) is 22.3 Å². The number of rotatable bonds is 7. The molecule has 5 aromatic rings. The third kappa shape index (κ3) is 3.89. The van der Waals surface area contributed by atoms with E-state index < -0.39 is 10.3 Å². The number of benzene rings is 5. The fraction of sp³-hybridized carbons (Fsp3) is 0.0882. The predicted molar refractivity (Wildman–Crippen MR) is 155 cm³/mol. The number of hydrogen-bond acceptors (Lipinski definition) is 4. The minimum Gasteiger partial charge on any atom is -0.497 e. The van der Waals surface area contributed by atoms with Gasteiger partial charge in [-0.1, -0.05) is 138 Å². The Balaban J connectivity index is 1.73. The molecule has 3 nitrogen and oxygen atoms in total. The highest BCUT2D eigenvalue weighted by molar-refractivity contribution is 8.00. The van der Waals surface area contributed by atoms with Crippen LogP contribution >= 0.6 is 11.8 Å². The minimum absolute atomic E-state index is 0.786. The summed E-state index contributed by atoms with van der Waals surface area (Å²) < 4.78 is 5.52. The number of ether oxygens (including phenoxy) is 1. The van der Waals surface area contributed by atoms with Crippen molar-refractivity contribution >= 4 is 17.5 Å². The lowest BCUT2D eigenvalue weighted by atomic mass is 9.64. The molecule has 1 aliphatic heterocycles. The van der Waals surface area contributed by atoms with Gasteiger partial charge in [0.05, 0.1) is 7.11 Å². The third-order valence-electron chi connectivity index (χ3n) is 7.05. The third-order valence-corrected chi connectivity index (χ3v) is 8.46. The van der Waals surface area contributed by atoms with Gasteiger partial charge in [0.1, 0.15) is 16.9 Å². The van der Waals surface area contributed by atoms with E-state index >= 15 is 0 Å². The lowest BCUT2D eigenvalue weighted by Gasteiger charge is -2.44. The highest BCUT2D eigenvalue weighted by Gasteiger charge is 2.65. The van der Waals surface area contributed by atoms with Crippen LogP contribution in [0.4, 0.5) is 0 Å². The zero-order chi connectivity index (χ0) is 25.8. The van der Waals surface area contributed by atoms with E-state index in [0.717, 1.165) is 38.6 Å². The van der Waals surface area contributed by atoms with Crippen molar-refractivity contribution in [3.8, 4) is 5.75 Å². The van der Waals surface area contributed by atoms with Crippen molar-refractivity contribution in [2.24, 2.45) is 5.16 Å². The summed E-state index contributed by atoms with van der Waals surface area (Å²) in [5.74, 6) is 0.792. The van der Waals surface area contributed by atoms with Gasteiger partial charge in [0.25, 0.3) is 0 Å². The van der Waals surface area contributed by atoms with E-state index in [0.29, 0.717) is 0 Å². The first-order valence-electron chi connectivity index (χ1n) is 12.6. The second kappa shape index (κ2) is 10.2. The zero-order valence-corrected chi connectivity index (χ0v) is 21.8. The molecule has 0 bridgehead atoms. The number of hydrogen-bond donors (Lipinski definition) is 0. The highest BCUT2D eigenvalue weighted by Crippen LogP contribution is 2.62. The van der Waals surface area contributed by atoms with Crippen molar-refractivity contribution in [2.45, 2.75) is 15.2 Å². The van der Waals surface area contributed by atoms with Crippen LogP contribution in [0, 0.1) is 0 Å². The molecule has 1 atom stereocenters. The Morgan fingerprint density at radius 2 is 1.08 bits per heavy atom. The number of thioether (sulfide) groups is 1. The van der Waals surface area contributed by atoms with E-state index in [4.69, 9.17) is 14.7 Å². The molecule has 38 heavy (non-hydrogen) atoms. The van der Waals surface area contributed by atoms with Crippen molar-refractivity contribution in [1.29, 1.82) is 0 Å². The van der Waals surface area contributed by atoms with E-state index in [2.05, 4.69) is 121 Å². The fourth-order valence-electron chi connectivity index (χ4n) is 5.35. The SMILES string of the molecule is COc1ccc(C2(Sc3ccccc3)ON=C(c3ccccc3)C2(c2ccccc2)c2ccccc2)cc1. The van der Waals surface area contributed by atoms with E-state index in [1.807, 2.05) is 24.3 Å². The molecule has 0 saturated heterocycles. The van der Waals surface area contributed by atoms with Gasteiger partial charge in [0.2, 0.25) is 4.93 Å². The molecule has 0 N–H and O–H groups in total. The molecule has 1 aliphatic rings. The lowest BCUT2D eigenvalue weighted by Crippen LogP contribution is -2.50. The summed E-state index contributed by atoms with van der Waals surface area (Å²) in [7, 11) is 1.68. The summed E-state index contributed by atoms with van der Waals surface area (Å²) in [6.45, 7) is 0. The summed E-state index contributed by atoms with van der Waals surface area (Å²) in [5, 5.41) is 4.95. The van der Waals surface area contributed by atoms with E-state index in [1.54, 1.807) is 18.9 Å². The molecule has 0 spiro atoms. The van der Waals surface area contributed by atoms with Gasteiger partial charge in [-0.3, -0.25) is 0 Å². The smallest absolute Gasteiger partial charge is 0.231 e. The van der Waals surface area contributed by atoms with Gasteiger partial charge >= 0.3 is 0 Å². The van der Waals surface area contributed by atoms with Crippen LogP contribution in [0.3, 0.4) is 0 Å². The first-order valence-corrected chi connectivity index (χ1v) is 13.4. The predicted octanol–water partition coefficient (Wildman–Crippen LogP) is 8.06. The van der Waals surface area contributed by atoms with Gasteiger partial charge in [-0.2, -0.15) is 0 Å². The van der Waals surface area contributed by atoms with E-state index in [9.17, 15) is 0 Å². The average molecular weight is 514 g/mol. The van der Waals surface area contributed by atoms with Gasteiger partial charge in [-0.25, -0.2) is 0 Å². The molecule has 0 saturated carbocycles. The molecule has 186 valence electrons. The van der Waals surface area contributed by atoms with Gasteiger partial charge < -0.3 is 9.57 Å². The van der Waals surface area contributed by atoms with Crippen molar-refractivity contribution in [3.05, 3.63) is 168 Å². The summed E-state index contributed by atoms with van der Waals surface area (Å²) >= 11 is 1.68. The minimum atomic E-state index is -0.964. The van der Waals surface area contributed by atoms with Gasteiger partial charge in [0.15, 0.2) is 0 Å². The van der Waals surface area contributed by atoms with Gasteiger partial charge in [-0.15, -0.1) is 0 Å². The molecule has 4 heteroatoms. The normalized spacial score (nSPS) is 17.9. The topological polar surface area (TPSA) is 30.8 Å². The molecule has 1 unspecified atom stereocenters. The molecule has 0 aromatic heterocycles. The van der Waals surface area contributed by atoms with E-state index in [-0.39, 0.29) is 0 Å². The molecular formula is C34H27NO2S. The molecule has 0 aliphatic carbocycles. The average Bonchev–Trinajstić information content (AvgIpc) is 3.35. The molecule has 0 radical (unpaired) electrons. The Kier molecular flexibility index (Phi) is 6.48. The first kappa shape index (κ1) is 24.1. The molecule has 0 fully saturated rings. The quantitative estimate of drug-likeness (QED) is 0.221. The molecule has 5 aromatic carbocycles. The van der Waals surface area contributed by atoms with Crippen molar-refractivity contribution in [2.75, 3.05) is 7.11 Å². The fourth-order valence-corrected chi connectivity index (χ4v) is 6.79. The highest BCUT2D eigenvalue weighted by atomic mass is 32.2. The van der Waals surface area contributed by atoms with Crippen LogP contribution in [-0.2, 0) is 15.2 Å². The lowest BCUT2D eigenvalue weighted by molar-refractivity contribution is 0.0261. The van der Waals surface area contributed by atoms with Crippen LogP contribution < -0.4 is 4.74 Å². The summed E-state index contributed by atoms with van der Waals surface area (Å²) in [6, 6.07) is 50.1. The number of oxime groups is 1. The van der Waals surface area contributed by atoms with Crippen LogP contribution in [0.25, 0.3) is 0 Å². The maximum Gasteiger partial charge on any atom is 0.231 e. The Morgan fingerprint density at radius 3 is 1.61 bits per heavy atom. The monoisotopic (exact) mass is 513 g/mol. The largest absolute Gasteiger partial charge is 0.497 e. The standard InChI is InChI=1S/C34H27NO2S/c1-36-30-24-22-29(23-25-30)34(38-31-20-12-5-13-21-31)33(27-16-8-3-9-17-27,28-18-10-4-11-19-28)32(35-37-34)26-14-6-2-7-15-26/h2-25H,1H3. The van der Waals surface area contributed by atoms with Crippen molar-refractivity contribution in [1.82, 2.24) is 0 Å². The number of methoxy groups -OCH3 is 1.